The summed E-state index contributed by atoms with van der Waals surface area (Å²) >= 11 is 10.5. The number of hydrogen-bond donors (Lipinski definition) is 0. The first kappa shape index (κ1) is 9.44. The summed E-state index contributed by atoms with van der Waals surface area (Å²) in [6.07, 6.45) is 0. The van der Waals surface area contributed by atoms with Crippen LogP contribution in [-0.4, -0.2) is 0 Å². The van der Waals surface area contributed by atoms with E-state index in [9.17, 15) is 4.39 Å². The van der Waals surface area contributed by atoms with Gasteiger partial charge in [0, 0.05) is 15.7 Å². The molecule has 0 aliphatic carbocycles. The van der Waals surface area contributed by atoms with Gasteiger partial charge in [0.2, 0.25) is 0 Å². The summed E-state index contributed by atoms with van der Waals surface area (Å²) in [4.78, 5) is 0. The van der Waals surface area contributed by atoms with Gasteiger partial charge in [0.25, 0.3) is 0 Å². The van der Waals surface area contributed by atoms with E-state index in [0.717, 1.165) is 16.3 Å². The van der Waals surface area contributed by atoms with Gasteiger partial charge >= 0.3 is 0 Å². The molecule has 0 spiro atoms. The molecule has 0 amide bonds. The lowest BCUT2D eigenvalue weighted by molar-refractivity contribution is 0.642. The minimum atomic E-state index is -0.236. The van der Waals surface area contributed by atoms with Gasteiger partial charge in [-0.25, -0.2) is 4.39 Å². The Morgan fingerprint density at radius 1 is 1.46 bits per heavy atom. The zero-order chi connectivity index (χ0) is 9.42. The molecule has 0 atom stereocenters. The van der Waals surface area contributed by atoms with E-state index in [1.165, 1.54) is 17.4 Å². The normalized spacial score (nSPS) is 11.0. The molecule has 68 valence electrons. The standard InChI is InChI=1S/C9H5BrClFS/c10-3-5-4-13-9-7(5)1-6(11)2-8(9)12/h1-2,4H,3H2. The van der Waals surface area contributed by atoms with Crippen molar-refractivity contribution < 1.29 is 4.39 Å². The summed E-state index contributed by atoms with van der Waals surface area (Å²) in [5, 5.41) is 4.03. The lowest BCUT2D eigenvalue weighted by Crippen LogP contribution is -1.77. The number of hydrogen-bond acceptors (Lipinski definition) is 1. The highest BCUT2D eigenvalue weighted by Gasteiger charge is 2.08. The Morgan fingerprint density at radius 2 is 2.23 bits per heavy atom. The topological polar surface area (TPSA) is 0 Å². The van der Waals surface area contributed by atoms with Crippen LogP contribution in [0.1, 0.15) is 5.56 Å². The molecule has 0 bridgehead atoms. The Kier molecular flexibility index (Phi) is 2.58. The Balaban J connectivity index is 2.82. The maximum atomic E-state index is 13.3. The monoisotopic (exact) mass is 278 g/mol. The van der Waals surface area contributed by atoms with E-state index in [2.05, 4.69) is 15.9 Å². The van der Waals surface area contributed by atoms with Crippen molar-refractivity contribution in [2.45, 2.75) is 5.33 Å². The molecular formula is C9H5BrClFS. The van der Waals surface area contributed by atoms with Crippen molar-refractivity contribution in [3.63, 3.8) is 0 Å². The van der Waals surface area contributed by atoms with Crippen molar-refractivity contribution in [1.82, 2.24) is 0 Å². The second-order valence-corrected chi connectivity index (χ2v) is 4.54. The smallest absolute Gasteiger partial charge is 0.142 e. The molecule has 0 N–H and O–H groups in total. The SMILES string of the molecule is Fc1cc(Cl)cc2c(CBr)csc12. The number of fused-ring (bicyclic) bond motifs is 1. The van der Waals surface area contributed by atoms with Gasteiger partial charge in [-0.3, -0.25) is 0 Å². The highest BCUT2D eigenvalue weighted by atomic mass is 79.9. The average Bonchev–Trinajstić information content (AvgIpc) is 2.47. The van der Waals surface area contributed by atoms with Gasteiger partial charge in [-0.2, -0.15) is 0 Å². The van der Waals surface area contributed by atoms with Gasteiger partial charge in [-0.15, -0.1) is 11.3 Å². The molecule has 1 aromatic carbocycles. The predicted molar refractivity (Wildman–Crippen MR) is 59.4 cm³/mol. The van der Waals surface area contributed by atoms with Crippen molar-refractivity contribution in [2.24, 2.45) is 0 Å². The molecule has 1 heterocycles. The predicted octanol–water partition coefficient (Wildman–Crippen LogP) is 4.59. The Labute approximate surface area is 92.5 Å². The first-order chi connectivity index (χ1) is 6.22. The van der Waals surface area contributed by atoms with Gasteiger partial charge < -0.3 is 0 Å². The summed E-state index contributed by atoms with van der Waals surface area (Å²) < 4.78 is 14.0. The van der Waals surface area contributed by atoms with Crippen molar-refractivity contribution >= 4 is 49.0 Å². The molecule has 13 heavy (non-hydrogen) atoms. The third-order valence-electron chi connectivity index (χ3n) is 1.82. The van der Waals surface area contributed by atoms with Gasteiger partial charge in [0.1, 0.15) is 5.82 Å². The number of halogens is 3. The van der Waals surface area contributed by atoms with Crippen LogP contribution in [0.3, 0.4) is 0 Å². The molecule has 0 nitrogen and oxygen atoms in total. The molecule has 2 aromatic rings. The van der Waals surface area contributed by atoms with Crippen LogP contribution in [0.25, 0.3) is 10.1 Å². The fraction of sp³-hybridized carbons (Fsp3) is 0.111. The summed E-state index contributed by atoms with van der Waals surface area (Å²) in [7, 11) is 0. The van der Waals surface area contributed by atoms with Crippen molar-refractivity contribution in [3.8, 4) is 0 Å². The molecular weight excluding hydrogens is 275 g/mol. The zero-order valence-corrected chi connectivity index (χ0v) is 9.64. The Morgan fingerprint density at radius 3 is 2.92 bits per heavy atom. The van der Waals surface area contributed by atoms with Crippen LogP contribution in [0, 0.1) is 5.82 Å². The molecule has 4 heteroatoms. The summed E-state index contributed by atoms with van der Waals surface area (Å²) in [6.45, 7) is 0. The third kappa shape index (κ3) is 1.60. The maximum Gasteiger partial charge on any atom is 0.142 e. The van der Waals surface area contributed by atoms with E-state index in [1.807, 2.05) is 5.38 Å². The Bertz CT molecular complexity index is 452. The van der Waals surface area contributed by atoms with Crippen LogP contribution in [0.2, 0.25) is 5.02 Å². The van der Waals surface area contributed by atoms with Gasteiger partial charge in [0.15, 0.2) is 0 Å². The lowest BCUT2D eigenvalue weighted by atomic mass is 10.2. The molecule has 0 saturated carbocycles. The number of thiophene rings is 1. The summed E-state index contributed by atoms with van der Waals surface area (Å²) in [5.74, 6) is -0.236. The van der Waals surface area contributed by atoms with Crippen LogP contribution in [-0.2, 0) is 5.33 Å². The van der Waals surface area contributed by atoms with Crippen LogP contribution in [0.4, 0.5) is 4.39 Å². The minimum absolute atomic E-state index is 0.236. The van der Waals surface area contributed by atoms with Crippen molar-refractivity contribution in [3.05, 3.63) is 33.9 Å². The van der Waals surface area contributed by atoms with Crippen LogP contribution < -0.4 is 0 Å². The summed E-state index contributed by atoms with van der Waals surface area (Å²) in [6, 6.07) is 3.14. The van der Waals surface area contributed by atoms with E-state index >= 15 is 0 Å². The third-order valence-corrected chi connectivity index (χ3v) is 3.69. The van der Waals surface area contributed by atoms with E-state index in [0.29, 0.717) is 9.72 Å². The van der Waals surface area contributed by atoms with E-state index in [1.54, 1.807) is 6.07 Å². The molecule has 0 fully saturated rings. The number of benzene rings is 1. The zero-order valence-electron chi connectivity index (χ0n) is 6.48. The first-order valence-corrected chi connectivity index (χ1v) is 6.01. The largest absolute Gasteiger partial charge is 0.205 e. The second-order valence-electron chi connectivity index (χ2n) is 2.66. The number of alkyl halides is 1. The quantitative estimate of drug-likeness (QED) is 0.670. The first-order valence-electron chi connectivity index (χ1n) is 3.63. The van der Waals surface area contributed by atoms with Crippen molar-refractivity contribution in [1.29, 1.82) is 0 Å². The van der Waals surface area contributed by atoms with Gasteiger partial charge in [-0.1, -0.05) is 27.5 Å². The summed E-state index contributed by atoms with van der Waals surface area (Å²) in [5.41, 5.74) is 1.08. The molecule has 2 rings (SSSR count). The highest BCUT2D eigenvalue weighted by molar-refractivity contribution is 9.08. The van der Waals surface area contributed by atoms with Crippen LogP contribution in [0.5, 0.6) is 0 Å². The van der Waals surface area contributed by atoms with E-state index < -0.39 is 0 Å². The highest BCUT2D eigenvalue weighted by Crippen LogP contribution is 2.32. The maximum absolute atomic E-state index is 13.3. The Hall–Kier alpha value is -0.120. The fourth-order valence-electron chi connectivity index (χ4n) is 1.22. The molecule has 0 aliphatic heterocycles. The fourth-order valence-corrected chi connectivity index (χ4v) is 3.06. The van der Waals surface area contributed by atoms with Crippen molar-refractivity contribution in [2.75, 3.05) is 0 Å². The second kappa shape index (κ2) is 3.56. The number of rotatable bonds is 1. The van der Waals surface area contributed by atoms with Gasteiger partial charge in [-0.05, 0) is 23.1 Å². The van der Waals surface area contributed by atoms with Gasteiger partial charge in [0.05, 0.1) is 4.70 Å². The molecule has 0 radical (unpaired) electrons. The molecule has 0 unspecified atom stereocenters. The average molecular weight is 280 g/mol. The minimum Gasteiger partial charge on any atom is -0.205 e. The van der Waals surface area contributed by atoms with Crippen LogP contribution >= 0.6 is 38.9 Å². The van der Waals surface area contributed by atoms with Crippen LogP contribution in [0.15, 0.2) is 17.5 Å². The van der Waals surface area contributed by atoms with E-state index in [4.69, 9.17) is 11.6 Å². The molecule has 0 saturated heterocycles. The molecule has 1 aromatic heterocycles. The molecule has 0 aliphatic rings. The lowest BCUT2D eigenvalue weighted by Gasteiger charge is -1.96. The van der Waals surface area contributed by atoms with E-state index in [-0.39, 0.29) is 5.82 Å².